The fourth-order valence-electron chi connectivity index (χ4n) is 2.42. The van der Waals surface area contributed by atoms with E-state index in [2.05, 4.69) is 26.3 Å². The van der Waals surface area contributed by atoms with Gasteiger partial charge in [-0.2, -0.15) is 5.10 Å². The maximum absolute atomic E-state index is 12.9. The van der Waals surface area contributed by atoms with E-state index >= 15 is 0 Å². The smallest absolute Gasteiger partial charge is 0.306 e. The van der Waals surface area contributed by atoms with Crippen molar-refractivity contribution in [1.29, 1.82) is 0 Å². The van der Waals surface area contributed by atoms with Gasteiger partial charge < -0.3 is 10.4 Å². The Balaban J connectivity index is 1.70. The van der Waals surface area contributed by atoms with Gasteiger partial charge in [0.15, 0.2) is 5.69 Å². The average Bonchev–Trinajstić information content (AvgIpc) is 2.84. The summed E-state index contributed by atoms with van der Waals surface area (Å²) in [6.45, 7) is 0. The van der Waals surface area contributed by atoms with Crippen LogP contribution in [0.25, 0.3) is 5.69 Å². The van der Waals surface area contributed by atoms with Gasteiger partial charge in [0.25, 0.3) is 5.91 Å². The maximum atomic E-state index is 12.9. The van der Waals surface area contributed by atoms with E-state index in [1.54, 1.807) is 18.3 Å². The molecule has 1 aromatic carbocycles. The number of carbonyl (C=O) groups excluding carboxylic acids is 1. The minimum absolute atomic E-state index is 0.147. The van der Waals surface area contributed by atoms with Crippen molar-refractivity contribution in [3.8, 4) is 5.69 Å². The van der Waals surface area contributed by atoms with Crippen LogP contribution < -0.4 is 5.32 Å². The fourth-order valence-corrected chi connectivity index (χ4v) is 2.88. The minimum Gasteiger partial charge on any atom is -0.481 e. The number of carbonyl (C=O) groups is 2. The Labute approximate surface area is 139 Å². The van der Waals surface area contributed by atoms with Crippen LogP contribution in [0.3, 0.4) is 0 Å². The van der Waals surface area contributed by atoms with E-state index in [9.17, 15) is 14.0 Å². The molecule has 0 atom stereocenters. The average molecular weight is 382 g/mol. The van der Waals surface area contributed by atoms with Crippen molar-refractivity contribution in [3.05, 3.63) is 46.4 Å². The lowest BCUT2D eigenvalue weighted by Crippen LogP contribution is -2.46. The topological polar surface area (TPSA) is 84.2 Å². The summed E-state index contributed by atoms with van der Waals surface area (Å²) in [6.07, 6.45) is 2.47. The second-order valence-corrected chi connectivity index (χ2v) is 6.28. The number of nitrogens with zero attached hydrogens (tertiary/aromatic N) is 2. The third-order valence-corrected chi connectivity index (χ3v) is 4.38. The molecule has 2 N–H and O–H groups in total. The molecule has 8 heteroatoms. The predicted molar refractivity (Wildman–Crippen MR) is 82.8 cm³/mol. The lowest BCUT2D eigenvalue weighted by molar-refractivity contribution is -0.145. The van der Waals surface area contributed by atoms with Crippen LogP contribution in [0.2, 0.25) is 0 Å². The highest BCUT2D eigenvalue weighted by Crippen LogP contribution is 2.28. The number of carboxylic acid groups (broad SMARTS) is 1. The first-order valence-corrected chi connectivity index (χ1v) is 7.78. The molecule has 3 rings (SSSR count). The zero-order chi connectivity index (χ0) is 16.6. The number of rotatable bonds is 4. The summed E-state index contributed by atoms with van der Waals surface area (Å²) in [4.78, 5) is 23.0. The summed E-state index contributed by atoms with van der Waals surface area (Å²) >= 11 is 3.28. The molecule has 1 fully saturated rings. The van der Waals surface area contributed by atoms with E-state index in [-0.39, 0.29) is 29.4 Å². The molecule has 120 valence electrons. The first-order chi connectivity index (χ1) is 10.9. The Morgan fingerprint density at radius 2 is 1.96 bits per heavy atom. The SMILES string of the molecule is O=C(NC1CC(C(=O)O)C1)c1nn(-c2ccc(F)cc2)cc1Br. The second-order valence-electron chi connectivity index (χ2n) is 5.42. The van der Waals surface area contributed by atoms with Crippen LogP contribution in [0, 0.1) is 11.7 Å². The molecule has 0 unspecified atom stereocenters. The molecule has 1 aliphatic carbocycles. The summed E-state index contributed by atoms with van der Waals surface area (Å²) in [7, 11) is 0. The molecule has 0 aliphatic heterocycles. The predicted octanol–water partition coefficient (Wildman–Crippen LogP) is 2.37. The number of carboxylic acids is 1. The van der Waals surface area contributed by atoms with Crippen LogP contribution in [0.5, 0.6) is 0 Å². The number of hydrogen-bond acceptors (Lipinski definition) is 3. The van der Waals surface area contributed by atoms with Crippen molar-refractivity contribution in [2.45, 2.75) is 18.9 Å². The van der Waals surface area contributed by atoms with Gasteiger partial charge in [0.2, 0.25) is 0 Å². The molecule has 1 aliphatic rings. The first-order valence-electron chi connectivity index (χ1n) is 6.99. The third-order valence-electron chi connectivity index (χ3n) is 3.80. The quantitative estimate of drug-likeness (QED) is 0.851. The first kappa shape index (κ1) is 15.7. The zero-order valence-electron chi connectivity index (χ0n) is 11.9. The zero-order valence-corrected chi connectivity index (χ0v) is 13.5. The van der Waals surface area contributed by atoms with Crippen LogP contribution in [-0.2, 0) is 4.79 Å². The third kappa shape index (κ3) is 3.26. The molecular weight excluding hydrogens is 369 g/mol. The molecule has 0 saturated heterocycles. The number of aromatic nitrogens is 2. The number of halogens is 2. The number of aliphatic carboxylic acids is 1. The summed E-state index contributed by atoms with van der Waals surface area (Å²) in [5.74, 6) is -1.94. The lowest BCUT2D eigenvalue weighted by atomic mass is 9.80. The Kier molecular flexibility index (Phi) is 4.16. The molecule has 0 radical (unpaired) electrons. The monoisotopic (exact) mass is 381 g/mol. The number of nitrogens with one attached hydrogen (secondary N) is 1. The van der Waals surface area contributed by atoms with Gasteiger partial charge >= 0.3 is 5.97 Å². The second kappa shape index (κ2) is 6.11. The van der Waals surface area contributed by atoms with E-state index in [0.29, 0.717) is 23.0 Å². The van der Waals surface area contributed by atoms with Crippen LogP contribution >= 0.6 is 15.9 Å². The van der Waals surface area contributed by atoms with E-state index < -0.39 is 5.97 Å². The minimum atomic E-state index is -0.836. The van der Waals surface area contributed by atoms with Gasteiger partial charge in [0, 0.05) is 12.2 Å². The normalized spacial score (nSPS) is 19.9. The van der Waals surface area contributed by atoms with Gasteiger partial charge in [-0.1, -0.05) is 0 Å². The van der Waals surface area contributed by atoms with E-state index in [1.807, 2.05) is 0 Å². The Hall–Kier alpha value is -2.22. The van der Waals surface area contributed by atoms with Crippen molar-refractivity contribution in [1.82, 2.24) is 15.1 Å². The summed E-state index contributed by atoms with van der Waals surface area (Å²) in [5.41, 5.74) is 0.828. The van der Waals surface area contributed by atoms with Crippen LogP contribution in [0.15, 0.2) is 34.9 Å². The summed E-state index contributed by atoms with van der Waals surface area (Å²) in [5, 5.41) is 15.8. The number of amides is 1. The molecule has 1 heterocycles. The highest BCUT2D eigenvalue weighted by atomic mass is 79.9. The maximum Gasteiger partial charge on any atom is 0.306 e. The Morgan fingerprint density at radius 3 is 2.57 bits per heavy atom. The highest BCUT2D eigenvalue weighted by Gasteiger charge is 2.35. The van der Waals surface area contributed by atoms with Gasteiger partial charge in [-0.15, -0.1) is 0 Å². The van der Waals surface area contributed by atoms with Gasteiger partial charge in [0.1, 0.15) is 5.82 Å². The van der Waals surface area contributed by atoms with Crippen molar-refractivity contribution in [2.75, 3.05) is 0 Å². The van der Waals surface area contributed by atoms with Crippen LogP contribution in [-0.4, -0.2) is 32.8 Å². The largest absolute Gasteiger partial charge is 0.481 e. The van der Waals surface area contributed by atoms with E-state index in [0.717, 1.165) is 0 Å². The van der Waals surface area contributed by atoms with Crippen molar-refractivity contribution in [2.24, 2.45) is 5.92 Å². The molecule has 2 aromatic rings. The van der Waals surface area contributed by atoms with Crippen LogP contribution in [0.4, 0.5) is 4.39 Å². The number of hydrogen-bond donors (Lipinski definition) is 2. The van der Waals surface area contributed by atoms with Crippen molar-refractivity contribution < 1.29 is 19.1 Å². The molecule has 1 saturated carbocycles. The van der Waals surface area contributed by atoms with Crippen LogP contribution in [0.1, 0.15) is 23.3 Å². The van der Waals surface area contributed by atoms with Crippen molar-refractivity contribution in [3.63, 3.8) is 0 Å². The molecule has 1 amide bonds. The molecule has 1 aromatic heterocycles. The Bertz CT molecular complexity index is 754. The number of benzene rings is 1. The van der Waals surface area contributed by atoms with E-state index in [1.165, 1.54) is 16.8 Å². The molecular formula is C15H13BrFN3O3. The molecule has 6 nitrogen and oxygen atoms in total. The van der Waals surface area contributed by atoms with Gasteiger partial charge in [-0.3, -0.25) is 9.59 Å². The molecule has 23 heavy (non-hydrogen) atoms. The summed E-state index contributed by atoms with van der Waals surface area (Å²) in [6, 6.07) is 5.59. The molecule has 0 bridgehead atoms. The van der Waals surface area contributed by atoms with Gasteiger partial charge in [-0.25, -0.2) is 9.07 Å². The fraction of sp³-hybridized carbons (Fsp3) is 0.267. The van der Waals surface area contributed by atoms with Crippen molar-refractivity contribution >= 4 is 27.8 Å². The highest BCUT2D eigenvalue weighted by molar-refractivity contribution is 9.10. The van der Waals surface area contributed by atoms with Gasteiger partial charge in [-0.05, 0) is 53.0 Å². The Morgan fingerprint density at radius 1 is 1.30 bits per heavy atom. The summed E-state index contributed by atoms with van der Waals surface area (Å²) < 4.78 is 14.9. The van der Waals surface area contributed by atoms with Gasteiger partial charge in [0.05, 0.1) is 16.1 Å². The molecule has 0 spiro atoms. The van der Waals surface area contributed by atoms with E-state index in [4.69, 9.17) is 5.11 Å². The lowest BCUT2D eigenvalue weighted by Gasteiger charge is -2.32. The standard InChI is InChI=1S/C15H13BrFN3O3/c16-12-7-20(11-3-1-9(17)2-4-11)19-13(12)14(21)18-10-5-8(6-10)15(22)23/h1-4,7-8,10H,5-6H2,(H,18,21)(H,22,23).